The Morgan fingerprint density at radius 3 is 2.67 bits per heavy atom. The van der Waals surface area contributed by atoms with Crippen molar-refractivity contribution in [3.8, 4) is 12.3 Å². The monoisotopic (exact) mass is 127 g/mol. The van der Waals surface area contributed by atoms with E-state index >= 15 is 0 Å². The summed E-state index contributed by atoms with van der Waals surface area (Å²) in [7, 11) is 1.66. The highest BCUT2D eigenvalue weighted by molar-refractivity contribution is 5.09. The molecule has 0 rings (SSSR count). The summed E-state index contributed by atoms with van der Waals surface area (Å²) in [6.45, 7) is 1.65. The van der Waals surface area contributed by atoms with Crippen molar-refractivity contribution in [3.63, 3.8) is 0 Å². The van der Waals surface area contributed by atoms with Crippen LogP contribution in [0.4, 0.5) is 4.39 Å². The number of allylic oxidation sites excluding steroid dienone is 2. The Kier molecular flexibility index (Phi) is 3.54. The van der Waals surface area contributed by atoms with E-state index < -0.39 is 0 Å². The van der Waals surface area contributed by atoms with Crippen LogP contribution in [0.3, 0.4) is 0 Å². The third-order valence-electron chi connectivity index (χ3n) is 1.04. The SMILES string of the molecule is C#CC/C(F)=C(\C)NC. The average Bonchev–Trinajstić information content (AvgIpc) is 1.87. The van der Waals surface area contributed by atoms with Crippen LogP contribution in [0.15, 0.2) is 11.5 Å². The minimum Gasteiger partial charge on any atom is -0.390 e. The van der Waals surface area contributed by atoms with Gasteiger partial charge in [-0.25, -0.2) is 4.39 Å². The lowest BCUT2D eigenvalue weighted by Gasteiger charge is -1.98. The zero-order chi connectivity index (χ0) is 7.28. The highest BCUT2D eigenvalue weighted by Gasteiger charge is 1.94. The van der Waals surface area contributed by atoms with Gasteiger partial charge in [0.05, 0.1) is 6.42 Å². The van der Waals surface area contributed by atoms with Crippen LogP contribution in [0.25, 0.3) is 0 Å². The van der Waals surface area contributed by atoms with Crippen LogP contribution in [0.2, 0.25) is 0 Å². The Bertz CT molecular complexity index is 153. The minimum absolute atomic E-state index is 0.0761. The van der Waals surface area contributed by atoms with Crippen LogP contribution in [-0.2, 0) is 0 Å². The van der Waals surface area contributed by atoms with Crippen LogP contribution in [-0.4, -0.2) is 7.05 Å². The Balaban J connectivity index is 3.97. The summed E-state index contributed by atoms with van der Waals surface area (Å²) < 4.78 is 12.5. The normalized spacial score (nSPS) is 11.8. The first-order chi connectivity index (χ1) is 4.22. The largest absolute Gasteiger partial charge is 0.390 e. The molecule has 50 valence electrons. The molecule has 0 unspecified atom stereocenters. The van der Waals surface area contributed by atoms with Crippen molar-refractivity contribution in [3.05, 3.63) is 11.5 Å². The standard InChI is InChI=1S/C7H10FN/c1-4-5-7(8)6(2)9-3/h1,9H,5H2,2-3H3/b7-6-. The van der Waals surface area contributed by atoms with Crippen LogP contribution >= 0.6 is 0 Å². The summed E-state index contributed by atoms with van der Waals surface area (Å²) in [4.78, 5) is 0. The summed E-state index contributed by atoms with van der Waals surface area (Å²) in [6.07, 6.45) is 4.95. The highest BCUT2D eigenvalue weighted by Crippen LogP contribution is 2.05. The van der Waals surface area contributed by atoms with Crippen molar-refractivity contribution in [2.75, 3.05) is 7.05 Å². The lowest BCUT2D eigenvalue weighted by Crippen LogP contribution is -2.03. The van der Waals surface area contributed by atoms with E-state index in [9.17, 15) is 4.39 Å². The van der Waals surface area contributed by atoms with Crippen molar-refractivity contribution in [2.45, 2.75) is 13.3 Å². The predicted octanol–water partition coefficient (Wildman–Crippen LogP) is 1.43. The third-order valence-corrected chi connectivity index (χ3v) is 1.04. The van der Waals surface area contributed by atoms with Gasteiger partial charge in [-0.2, -0.15) is 0 Å². The molecule has 0 spiro atoms. The van der Waals surface area contributed by atoms with Crippen molar-refractivity contribution in [1.82, 2.24) is 5.32 Å². The Labute approximate surface area is 55.0 Å². The predicted molar refractivity (Wildman–Crippen MR) is 36.3 cm³/mol. The number of nitrogens with one attached hydrogen (secondary N) is 1. The van der Waals surface area contributed by atoms with E-state index in [4.69, 9.17) is 6.42 Å². The van der Waals surface area contributed by atoms with Gasteiger partial charge < -0.3 is 5.32 Å². The second-order valence-corrected chi connectivity index (χ2v) is 1.66. The number of terminal acetylenes is 1. The fourth-order valence-corrected chi connectivity index (χ4v) is 0.358. The van der Waals surface area contributed by atoms with E-state index in [0.29, 0.717) is 5.70 Å². The number of rotatable bonds is 2. The molecule has 0 saturated heterocycles. The van der Waals surface area contributed by atoms with Gasteiger partial charge in [0.15, 0.2) is 0 Å². The Hall–Kier alpha value is -0.970. The first kappa shape index (κ1) is 8.03. The quantitative estimate of drug-likeness (QED) is 0.553. The smallest absolute Gasteiger partial charge is 0.130 e. The average molecular weight is 127 g/mol. The first-order valence-corrected chi connectivity index (χ1v) is 2.68. The molecule has 0 fully saturated rings. The molecule has 0 aliphatic rings. The van der Waals surface area contributed by atoms with Gasteiger partial charge in [-0.1, -0.05) is 5.92 Å². The van der Waals surface area contributed by atoms with Crippen LogP contribution in [0.1, 0.15) is 13.3 Å². The fraction of sp³-hybridized carbons (Fsp3) is 0.429. The maximum Gasteiger partial charge on any atom is 0.130 e. The van der Waals surface area contributed by atoms with E-state index in [1.807, 2.05) is 0 Å². The molecule has 0 aromatic heterocycles. The molecule has 0 aromatic carbocycles. The molecule has 0 bridgehead atoms. The lowest BCUT2D eigenvalue weighted by molar-refractivity contribution is 0.597. The summed E-state index contributed by atoms with van der Waals surface area (Å²) in [6, 6.07) is 0. The minimum atomic E-state index is -0.264. The Morgan fingerprint density at radius 1 is 1.78 bits per heavy atom. The summed E-state index contributed by atoms with van der Waals surface area (Å²) in [5, 5.41) is 2.66. The molecule has 0 aliphatic carbocycles. The molecule has 0 heterocycles. The molecule has 9 heavy (non-hydrogen) atoms. The fourth-order valence-electron chi connectivity index (χ4n) is 0.358. The second kappa shape index (κ2) is 3.96. The topological polar surface area (TPSA) is 12.0 Å². The van der Waals surface area contributed by atoms with Crippen LogP contribution in [0, 0.1) is 12.3 Å². The molecule has 1 N–H and O–H groups in total. The van der Waals surface area contributed by atoms with Crippen LogP contribution < -0.4 is 5.32 Å². The van der Waals surface area contributed by atoms with E-state index in [0.717, 1.165) is 0 Å². The number of hydrogen-bond acceptors (Lipinski definition) is 1. The summed E-state index contributed by atoms with van der Waals surface area (Å²) in [5.74, 6) is 1.95. The zero-order valence-corrected chi connectivity index (χ0v) is 5.66. The first-order valence-electron chi connectivity index (χ1n) is 2.68. The maximum atomic E-state index is 12.5. The van der Waals surface area contributed by atoms with Gasteiger partial charge in [0.25, 0.3) is 0 Å². The van der Waals surface area contributed by atoms with Gasteiger partial charge in [-0.3, -0.25) is 0 Å². The number of halogens is 1. The zero-order valence-electron chi connectivity index (χ0n) is 5.66. The molecule has 0 saturated carbocycles. The molecular formula is C7H10FN. The second-order valence-electron chi connectivity index (χ2n) is 1.66. The van der Waals surface area contributed by atoms with Gasteiger partial charge in [0.1, 0.15) is 5.83 Å². The molecule has 0 amide bonds. The van der Waals surface area contributed by atoms with Gasteiger partial charge in [-0.05, 0) is 6.92 Å². The highest BCUT2D eigenvalue weighted by atomic mass is 19.1. The van der Waals surface area contributed by atoms with E-state index in [1.54, 1.807) is 14.0 Å². The van der Waals surface area contributed by atoms with Gasteiger partial charge in [-0.15, -0.1) is 6.42 Å². The van der Waals surface area contributed by atoms with Gasteiger partial charge >= 0.3 is 0 Å². The molecule has 0 aliphatic heterocycles. The van der Waals surface area contributed by atoms with Crippen molar-refractivity contribution >= 4 is 0 Å². The number of hydrogen-bond donors (Lipinski definition) is 1. The van der Waals surface area contributed by atoms with Crippen molar-refractivity contribution in [2.24, 2.45) is 0 Å². The summed E-state index contributed by atoms with van der Waals surface area (Å²) >= 11 is 0. The van der Waals surface area contributed by atoms with Gasteiger partial charge in [0.2, 0.25) is 0 Å². The van der Waals surface area contributed by atoms with E-state index in [2.05, 4.69) is 11.2 Å². The molecule has 2 heteroatoms. The van der Waals surface area contributed by atoms with Crippen molar-refractivity contribution in [1.29, 1.82) is 0 Å². The lowest BCUT2D eigenvalue weighted by atomic mass is 10.3. The maximum absolute atomic E-state index is 12.5. The molecule has 1 nitrogen and oxygen atoms in total. The Morgan fingerprint density at radius 2 is 2.33 bits per heavy atom. The van der Waals surface area contributed by atoms with E-state index in [-0.39, 0.29) is 12.2 Å². The summed E-state index contributed by atoms with van der Waals surface area (Å²) in [5.41, 5.74) is 0.507. The van der Waals surface area contributed by atoms with Crippen LogP contribution in [0.5, 0.6) is 0 Å². The third kappa shape index (κ3) is 2.76. The molecule has 0 radical (unpaired) electrons. The van der Waals surface area contributed by atoms with Gasteiger partial charge in [0, 0.05) is 12.7 Å². The molecule has 0 atom stereocenters. The van der Waals surface area contributed by atoms with E-state index in [1.165, 1.54) is 0 Å². The van der Waals surface area contributed by atoms with Crippen molar-refractivity contribution < 1.29 is 4.39 Å². The molecule has 0 aromatic rings. The molecular weight excluding hydrogens is 117 g/mol.